The number of benzene rings is 1. The molecule has 0 atom stereocenters. The van der Waals surface area contributed by atoms with Crippen molar-refractivity contribution in [2.45, 2.75) is 18.9 Å². The van der Waals surface area contributed by atoms with Crippen molar-refractivity contribution in [1.29, 1.82) is 0 Å². The Bertz CT molecular complexity index is 625. The van der Waals surface area contributed by atoms with Crippen molar-refractivity contribution in [1.82, 2.24) is 9.21 Å². The Kier molecular flexibility index (Phi) is 5.02. The quantitative estimate of drug-likeness (QED) is 0.918. The first-order valence-corrected chi connectivity index (χ1v) is 8.86. The molecule has 1 N–H and O–H groups in total. The Morgan fingerprint density at radius 1 is 1.27 bits per heavy atom. The van der Waals surface area contributed by atoms with Crippen LogP contribution in [0.5, 0.6) is 0 Å². The molecule has 1 aliphatic rings. The number of sulfonamides is 1. The van der Waals surface area contributed by atoms with Gasteiger partial charge in [0.2, 0.25) is 10.0 Å². The van der Waals surface area contributed by atoms with Gasteiger partial charge in [0.05, 0.1) is 6.26 Å². The van der Waals surface area contributed by atoms with E-state index in [1.807, 2.05) is 0 Å². The lowest BCUT2D eigenvalue weighted by molar-refractivity contribution is 0.175. The number of halogens is 1. The number of piperidine rings is 1. The van der Waals surface area contributed by atoms with Crippen molar-refractivity contribution >= 4 is 21.7 Å². The van der Waals surface area contributed by atoms with E-state index in [1.165, 1.54) is 34.8 Å². The maximum absolute atomic E-state index is 12.8. The van der Waals surface area contributed by atoms with Crippen molar-refractivity contribution in [3.63, 3.8) is 0 Å². The summed E-state index contributed by atoms with van der Waals surface area (Å²) in [5, 5.41) is 2.70. The number of urea groups is 1. The smallest absolute Gasteiger partial charge is 0.321 e. The molecule has 1 aliphatic heterocycles. The predicted octanol–water partition coefficient (Wildman–Crippen LogP) is 1.71. The average Bonchev–Trinajstić information content (AvgIpc) is 2.48. The van der Waals surface area contributed by atoms with E-state index in [-0.39, 0.29) is 17.9 Å². The minimum atomic E-state index is -3.21. The minimum absolute atomic E-state index is 0.0788. The van der Waals surface area contributed by atoms with E-state index in [1.54, 1.807) is 11.9 Å². The number of likely N-dealkylation sites (tertiary alicyclic amines) is 1. The first-order chi connectivity index (χ1) is 10.3. The molecule has 0 unspecified atom stereocenters. The molecule has 6 nitrogen and oxygen atoms in total. The maximum Gasteiger partial charge on any atom is 0.321 e. The van der Waals surface area contributed by atoms with Crippen LogP contribution in [-0.4, -0.2) is 56.1 Å². The maximum atomic E-state index is 12.8. The van der Waals surface area contributed by atoms with Gasteiger partial charge in [0, 0.05) is 31.9 Å². The number of hydrogen-bond donors (Lipinski definition) is 1. The fourth-order valence-electron chi connectivity index (χ4n) is 2.44. The van der Waals surface area contributed by atoms with Crippen LogP contribution in [0.4, 0.5) is 14.9 Å². The molecule has 1 fully saturated rings. The van der Waals surface area contributed by atoms with E-state index in [0.29, 0.717) is 31.6 Å². The standard InChI is InChI=1S/C14H20FN3O3S/c1-17(22(2,20)21)13-7-9-18(10-8-13)14(19)16-12-5-3-11(15)4-6-12/h3-6,13H,7-10H2,1-2H3,(H,16,19). The zero-order valence-electron chi connectivity index (χ0n) is 12.6. The molecule has 2 amide bonds. The first kappa shape index (κ1) is 16.7. The summed E-state index contributed by atoms with van der Waals surface area (Å²) in [7, 11) is -1.65. The lowest BCUT2D eigenvalue weighted by Gasteiger charge is -2.35. The number of hydrogen-bond acceptors (Lipinski definition) is 3. The van der Waals surface area contributed by atoms with Gasteiger partial charge in [0.1, 0.15) is 5.82 Å². The summed E-state index contributed by atoms with van der Waals surface area (Å²) < 4.78 is 37.2. The van der Waals surface area contributed by atoms with Gasteiger partial charge in [-0.25, -0.2) is 21.9 Å². The van der Waals surface area contributed by atoms with Gasteiger partial charge in [-0.3, -0.25) is 0 Å². The molecule has 1 aromatic rings. The number of amides is 2. The Balaban J connectivity index is 1.88. The summed E-state index contributed by atoms with van der Waals surface area (Å²) in [4.78, 5) is 13.7. The Labute approximate surface area is 130 Å². The molecule has 0 spiro atoms. The lowest BCUT2D eigenvalue weighted by atomic mass is 10.1. The molecule has 0 radical (unpaired) electrons. The average molecular weight is 329 g/mol. The van der Waals surface area contributed by atoms with E-state index in [0.717, 1.165) is 0 Å². The van der Waals surface area contributed by atoms with E-state index < -0.39 is 10.0 Å². The fraction of sp³-hybridized carbons (Fsp3) is 0.500. The second-order valence-corrected chi connectivity index (χ2v) is 7.48. The first-order valence-electron chi connectivity index (χ1n) is 7.02. The lowest BCUT2D eigenvalue weighted by Crippen LogP contribution is -2.48. The molecule has 0 saturated carbocycles. The van der Waals surface area contributed by atoms with E-state index in [4.69, 9.17) is 0 Å². The molecule has 2 rings (SSSR count). The third-order valence-corrected chi connectivity index (χ3v) is 5.23. The van der Waals surface area contributed by atoms with Crippen LogP contribution in [0.2, 0.25) is 0 Å². The predicted molar refractivity (Wildman–Crippen MR) is 82.6 cm³/mol. The number of nitrogens with one attached hydrogen (secondary N) is 1. The molecule has 8 heteroatoms. The second-order valence-electron chi connectivity index (χ2n) is 5.43. The molecule has 1 aromatic carbocycles. The highest BCUT2D eigenvalue weighted by Crippen LogP contribution is 2.18. The summed E-state index contributed by atoms with van der Waals surface area (Å²) in [6.07, 6.45) is 2.38. The van der Waals surface area contributed by atoms with E-state index in [2.05, 4.69) is 5.32 Å². The normalized spacial score (nSPS) is 16.8. The minimum Gasteiger partial charge on any atom is -0.324 e. The SMILES string of the molecule is CN(C1CCN(C(=O)Nc2ccc(F)cc2)CC1)S(C)(=O)=O. The van der Waals surface area contributed by atoms with Crippen LogP contribution in [0.1, 0.15) is 12.8 Å². The highest BCUT2D eigenvalue weighted by atomic mass is 32.2. The number of anilines is 1. The van der Waals surface area contributed by atoms with Gasteiger partial charge in [-0.15, -0.1) is 0 Å². The van der Waals surface area contributed by atoms with Gasteiger partial charge < -0.3 is 10.2 Å². The Morgan fingerprint density at radius 2 is 1.82 bits per heavy atom. The third kappa shape index (κ3) is 4.17. The summed E-state index contributed by atoms with van der Waals surface area (Å²) in [6, 6.07) is 5.22. The Morgan fingerprint density at radius 3 is 2.32 bits per heavy atom. The molecule has 22 heavy (non-hydrogen) atoms. The highest BCUT2D eigenvalue weighted by molar-refractivity contribution is 7.88. The fourth-order valence-corrected chi connectivity index (χ4v) is 3.19. The third-order valence-electron chi connectivity index (χ3n) is 3.88. The molecule has 0 bridgehead atoms. The van der Waals surface area contributed by atoms with E-state index in [9.17, 15) is 17.6 Å². The van der Waals surface area contributed by atoms with Gasteiger partial charge in [-0.05, 0) is 37.1 Å². The van der Waals surface area contributed by atoms with Crippen molar-refractivity contribution in [3.05, 3.63) is 30.1 Å². The molecular formula is C14H20FN3O3S. The molecule has 1 heterocycles. The van der Waals surface area contributed by atoms with Crippen LogP contribution < -0.4 is 5.32 Å². The number of carbonyl (C=O) groups excluding carboxylic acids is 1. The number of carbonyl (C=O) groups is 1. The topological polar surface area (TPSA) is 69.7 Å². The van der Waals surface area contributed by atoms with Gasteiger partial charge in [-0.2, -0.15) is 0 Å². The highest BCUT2D eigenvalue weighted by Gasteiger charge is 2.28. The van der Waals surface area contributed by atoms with Crippen LogP contribution in [0.3, 0.4) is 0 Å². The van der Waals surface area contributed by atoms with Crippen LogP contribution in [-0.2, 0) is 10.0 Å². The zero-order valence-corrected chi connectivity index (χ0v) is 13.4. The second kappa shape index (κ2) is 6.62. The largest absolute Gasteiger partial charge is 0.324 e. The zero-order chi connectivity index (χ0) is 16.3. The molecule has 0 aromatic heterocycles. The van der Waals surface area contributed by atoms with Crippen molar-refractivity contribution < 1.29 is 17.6 Å². The van der Waals surface area contributed by atoms with Crippen molar-refractivity contribution in [3.8, 4) is 0 Å². The number of nitrogens with zero attached hydrogens (tertiary/aromatic N) is 2. The van der Waals surface area contributed by atoms with Crippen LogP contribution >= 0.6 is 0 Å². The van der Waals surface area contributed by atoms with Crippen LogP contribution in [0.25, 0.3) is 0 Å². The van der Waals surface area contributed by atoms with Gasteiger partial charge >= 0.3 is 6.03 Å². The number of rotatable bonds is 3. The van der Waals surface area contributed by atoms with Crippen LogP contribution in [0, 0.1) is 5.82 Å². The van der Waals surface area contributed by atoms with Crippen molar-refractivity contribution in [2.24, 2.45) is 0 Å². The molecule has 0 aliphatic carbocycles. The molecule has 122 valence electrons. The summed E-state index contributed by atoms with van der Waals surface area (Å²) >= 11 is 0. The Hall–Kier alpha value is -1.67. The van der Waals surface area contributed by atoms with Gasteiger partial charge in [0.15, 0.2) is 0 Å². The van der Waals surface area contributed by atoms with Gasteiger partial charge in [-0.1, -0.05) is 0 Å². The summed E-state index contributed by atoms with van der Waals surface area (Å²) in [6.45, 7) is 0.967. The van der Waals surface area contributed by atoms with Gasteiger partial charge in [0.25, 0.3) is 0 Å². The van der Waals surface area contributed by atoms with Crippen LogP contribution in [0.15, 0.2) is 24.3 Å². The summed E-state index contributed by atoms with van der Waals surface area (Å²) in [5.41, 5.74) is 0.529. The van der Waals surface area contributed by atoms with Crippen molar-refractivity contribution in [2.75, 3.05) is 31.7 Å². The van der Waals surface area contributed by atoms with E-state index >= 15 is 0 Å². The summed E-state index contributed by atoms with van der Waals surface area (Å²) in [5.74, 6) is -0.359. The molecule has 1 saturated heterocycles. The molecular weight excluding hydrogens is 309 g/mol. The monoisotopic (exact) mass is 329 g/mol.